The number of halogens is 1. The quantitative estimate of drug-likeness (QED) is 0.156. The number of hydrogen-bond donors (Lipinski definition) is 5. The Morgan fingerprint density at radius 1 is 0.580 bits per heavy atom. The third-order valence-corrected chi connectivity index (χ3v) is 10.3. The summed E-state index contributed by atoms with van der Waals surface area (Å²) in [6, 6.07) is 0.0851. The number of Topliss-reactive ketones (excluding diaryl/α,β-unsaturated/α-hetero) is 1. The van der Waals surface area contributed by atoms with Gasteiger partial charge in [0.25, 0.3) is 0 Å². The molecule has 4 fully saturated rings. The van der Waals surface area contributed by atoms with Crippen LogP contribution < -0.4 is 23.0 Å². The maximum absolute atomic E-state index is 11.7. The lowest BCUT2D eigenvalue weighted by molar-refractivity contribution is -0.161. The summed E-state index contributed by atoms with van der Waals surface area (Å²) in [4.78, 5) is 78.4. The highest BCUT2D eigenvalue weighted by Gasteiger charge is 2.32. The van der Waals surface area contributed by atoms with E-state index in [2.05, 4.69) is 20.4 Å². The molecule has 0 radical (unpaired) electrons. The molecule has 0 saturated carbocycles. The van der Waals surface area contributed by atoms with Gasteiger partial charge in [0.2, 0.25) is 11.8 Å². The molecule has 8 atom stereocenters. The van der Waals surface area contributed by atoms with Crippen LogP contribution in [0.5, 0.6) is 0 Å². The number of carboxylic acid groups (broad SMARTS) is 1. The first-order chi connectivity index (χ1) is 31.7. The topological polar surface area (TPSA) is 340 Å². The molecule has 4 saturated heterocycles. The number of ether oxygens (including phenoxy) is 7. The Balaban J connectivity index is 0.000000317. The molecule has 0 unspecified atom stereocenters. The Hall–Kier alpha value is -4.52. The lowest BCUT2D eigenvalue weighted by atomic mass is 9.94. The normalized spacial score (nSPS) is 25.0. The van der Waals surface area contributed by atoms with Gasteiger partial charge in [-0.15, -0.1) is 22.6 Å². The number of rotatable bonds is 11. The highest BCUT2D eigenvalue weighted by atomic mass is 35.5. The van der Waals surface area contributed by atoms with Crippen molar-refractivity contribution in [3.05, 3.63) is 32.9 Å². The molecule has 24 heteroatoms. The van der Waals surface area contributed by atoms with Crippen LogP contribution in [0, 0.1) is 17.8 Å². The average Bonchev–Trinajstić information content (AvgIpc) is 3.88. The second-order valence-electron chi connectivity index (χ2n) is 20.2. The first kappa shape index (κ1) is 60.6. The molecule has 0 bridgehead atoms. The second kappa shape index (κ2) is 28.4. The van der Waals surface area contributed by atoms with Crippen molar-refractivity contribution in [3.63, 3.8) is 0 Å². The summed E-state index contributed by atoms with van der Waals surface area (Å²) in [5, 5.41) is 20.6. The van der Waals surface area contributed by atoms with Crippen molar-refractivity contribution in [1.29, 1.82) is 0 Å². The van der Waals surface area contributed by atoms with Gasteiger partial charge in [-0.2, -0.15) is 0 Å². The van der Waals surface area contributed by atoms with Gasteiger partial charge in [-0.1, -0.05) is 0 Å². The zero-order valence-electron chi connectivity index (χ0n) is 41.4. The molecule has 69 heavy (non-hydrogen) atoms. The van der Waals surface area contributed by atoms with Gasteiger partial charge in [-0.3, -0.25) is 19.2 Å². The standard InChI is InChI=1S/C13H20N2O5.C13H23NO4.C12H20O5.C7H11N3O3.ClH/c1-13(2,3)20-10(16)6-8-4-5-9(18-7-8)11-14-15-12(17)19-11;1-13(2,3)18-12(16)6-9-4-5-11(17-8-9)10(15)7-14;1-12(2,3)17-10(13)6-8-4-5-9(11(14)15)16-7-8;8-4-1-2-5(12-3-4)6-9-10-7(11)13-6;/h8-9H,4-7H2,1-3H3,(H,15,17);9,11H,4-8,14H2,1-3H3;8-9H,4-7H2,1-3H3,(H,14,15);4-5H,1-3,8H2,(H,10,11);1H/t8-,9-;9-,11-;8-,9-;4-,5+;/m0001./s1. The third kappa shape index (κ3) is 24.7. The number of aromatic amines is 2. The van der Waals surface area contributed by atoms with Crippen LogP contribution in [0.4, 0.5) is 0 Å². The molecular formula is C45H75ClN6O17. The van der Waals surface area contributed by atoms with Crippen LogP contribution in [-0.2, 0) is 57.1 Å². The predicted molar refractivity (Wildman–Crippen MR) is 247 cm³/mol. The smallest absolute Gasteiger partial charge is 0.434 e. The van der Waals surface area contributed by atoms with E-state index in [0.717, 1.165) is 25.7 Å². The van der Waals surface area contributed by atoms with E-state index in [1.54, 1.807) is 0 Å². The molecule has 2 aromatic rings. The SMILES string of the molecule is CC(C)(C)OC(=O)C[C@@H]1CC[C@@H](C(=O)CN)OC1.CC(C)(C)OC(=O)C[C@@H]1CC[C@@H](C(=O)O)OC1.CC(C)(C)OC(=O)C[C@@H]1CC[C@@H](c2n[nH]c(=O)o2)OC1.Cl.N[C@@H]1CC[C@@H](c2n[nH]c(=O)o2)OC1. The molecule has 6 rings (SSSR count). The van der Waals surface area contributed by atoms with E-state index < -0.39 is 40.4 Å². The summed E-state index contributed by atoms with van der Waals surface area (Å²) in [5.74, 6) is -1.87. The molecule has 0 aliphatic carbocycles. The molecule has 23 nitrogen and oxygen atoms in total. The highest BCUT2D eigenvalue weighted by molar-refractivity contribution is 5.85. The Labute approximate surface area is 407 Å². The summed E-state index contributed by atoms with van der Waals surface area (Å²) in [6.07, 6.45) is 5.02. The van der Waals surface area contributed by atoms with E-state index >= 15 is 0 Å². The minimum Gasteiger partial charge on any atom is -0.479 e. The fourth-order valence-electron chi connectivity index (χ4n) is 7.26. The number of aliphatic carboxylic acids is 1. The maximum atomic E-state index is 11.7. The van der Waals surface area contributed by atoms with E-state index in [0.29, 0.717) is 77.3 Å². The molecule has 0 aromatic carbocycles. The van der Waals surface area contributed by atoms with E-state index in [-0.39, 0.29) is 90.6 Å². The Kier molecular flexibility index (Phi) is 24.9. The summed E-state index contributed by atoms with van der Waals surface area (Å²) >= 11 is 0. The van der Waals surface area contributed by atoms with E-state index in [1.165, 1.54) is 0 Å². The largest absolute Gasteiger partial charge is 0.479 e. The van der Waals surface area contributed by atoms with Crippen LogP contribution in [0.15, 0.2) is 18.4 Å². The van der Waals surface area contributed by atoms with Crippen molar-refractivity contribution in [3.8, 4) is 0 Å². The lowest BCUT2D eigenvalue weighted by Gasteiger charge is -2.28. The molecule has 6 heterocycles. The van der Waals surface area contributed by atoms with Crippen LogP contribution in [-0.4, -0.2) is 123 Å². The summed E-state index contributed by atoms with van der Waals surface area (Å²) in [6.45, 7) is 18.2. The molecule has 394 valence electrons. The van der Waals surface area contributed by atoms with Gasteiger partial charge >= 0.3 is 35.4 Å². The van der Waals surface area contributed by atoms with Gasteiger partial charge in [0.1, 0.15) is 35.1 Å². The van der Waals surface area contributed by atoms with Crippen LogP contribution in [0.25, 0.3) is 0 Å². The Morgan fingerprint density at radius 3 is 1.22 bits per heavy atom. The second-order valence-corrected chi connectivity index (χ2v) is 20.2. The number of carbonyl (C=O) groups excluding carboxylic acids is 4. The third-order valence-electron chi connectivity index (χ3n) is 10.3. The van der Waals surface area contributed by atoms with Gasteiger partial charge in [0.05, 0.1) is 52.2 Å². The van der Waals surface area contributed by atoms with Gasteiger partial charge in [0, 0.05) is 6.04 Å². The first-order valence-corrected chi connectivity index (χ1v) is 23.1. The first-order valence-electron chi connectivity index (χ1n) is 23.1. The van der Waals surface area contributed by atoms with Crippen LogP contribution in [0.1, 0.15) is 157 Å². The number of nitrogens with zero attached hydrogens (tertiary/aromatic N) is 2. The minimum absolute atomic E-state index is 0. The number of esters is 3. The van der Waals surface area contributed by atoms with Crippen molar-refractivity contribution in [2.75, 3.05) is 33.0 Å². The zero-order valence-corrected chi connectivity index (χ0v) is 42.2. The number of nitrogens with two attached hydrogens (primary N) is 2. The van der Waals surface area contributed by atoms with Crippen LogP contribution in [0.2, 0.25) is 0 Å². The molecule has 2 aromatic heterocycles. The number of ketones is 1. The fraction of sp³-hybridized carbons (Fsp3) is 0.800. The van der Waals surface area contributed by atoms with Crippen molar-refractivity contribution < 1.29 is 71.1 Å². The molecule has 4 aliphatic heterocycles. The number of aromatic nitrogens is 4. The molecule has 7 N–H and O–H groups in total. The van der Waals surface area contributed by atoms with Gasteiger partial charge in [0.15, 0.2) is 11.9 Å². The number of hydrogen-bond acceptors (Lipinski definition) is 20. The van der Waals surface area contributed by atoms with Gasteiger partial charge in [-0.25, -0.2) is 24.6 Å². The number of carbonyl (C=O) groups is 5. The fourth-order valence-corrected chi connectivity index (χ4v) is 7.26. The molecule has 0 spiro atoms. The van der Waals surface area contributed by atoms with Crippen molar-refractivity contribution in [2.45, 2.75) is 180 Å². The molecular weight excluding hydrogens is 932 g/mol. The van der Waals surface area contributed by atoms with Gasteiger partial charge in [-0.05, 0) is 131 Å². The monoisotopic (exact) mass is 1010 g/mol. The molecule has 0 amide bonds. The Morgan fingerprint density at radius 2 is 0.942 bits per heavy atom. The van der Waals surface area contributed by atoms with E-state index in [9.17, 15) is 33.6 Å². The van der Waals surface area contributed by atoms with E-state index in [1.807, 2.05) is 62.3 Å². The zero-order chi connectivity index (χ0) is 50.8. The lowest BCUT2D eigenvalue weighted by Crippen LogP contribution is -2.37. The highest BCUT2D eigenvalue weighted by Crippen LogP contribution is 2.31. The average molecular weight is 1010 g/mol. The van der Waals surface area contributed by atoms with Crippen molar-refractivity contribution in [1.82, 2.24) is 20.4 Å². The summed E-state index contributed by atoms with van der Waals surface area (Å²) in [5.41, 5.74) is 9.52. The molecule has 4 aliphatic rings. The summed E-state index contributed by atoms with van der Waals surface area (Å²) in [7, 11) is 0. The van der Waals surface area contributed by atoms with Gasteiger partial charge < -0.3 is 58.6 Å². The Bertz CT molecular complexity index is 1980. The van der Waals surface area contributed by atoms with Crippen molar-refractivity contribution >= 4 is 42.1 Å². The maximum Gasteiger partial charge on any atom is 0.434 e. The summed E-state index contributed by atoms with van der Waals surface area (Å²) < 4.78 is 46.9. The minimum atomic E-state index is -0.930. The number of H-pyrrole nitrogens is 2. The van der Waals surface area contributed by atoms with Crippen LogP contribution in [0.3, 0.4) is 0 Å². The van der Waals surface area contributed by atoms with Crippen molar-refractivity contribution in [2.24, 2.45) is 29.2 Å². The number of carboxylic acids is 1. The number of nitrogens with one attached hydrogen (secondary N) is 2. The van der Waals surface area contributed by atoms with Crippen LogP contribution >= 0.6 is 12.4 Å². The predicted octanol–water partition coefficient (Wildman–Crippen LogP) is 4.17. The van der Waals surface area contributed by atoms with E-state index in [4.69, 9.17) is 58.6 Å².